The summed E-state index contributed by atoms with van der Waals surface area (Å²) in [5.74, 6) is 0. The van der Waals surface area contributed by atoms with E-state index < -0.39 is 7.60 Å². The van der Waals surface area contributed by atoms with E-state index in [1.165, 1.54) is 0 Å². The minimum atomic E-state index is -3.54. The molecule has 82 valence electrons. The Labute approximate surface area is 87.7 Å². The Balaban J connectivity index is 0.000000583. The Morgan fingerprint density at radius 2 is 1.93 bits per heavy atom. The van der Waals surface area contributed by atoms with Crippen LogP contribution in [0.5, 0.6) is 0 Å². The Morgan fingerprint density at radius 3 is 2.33 bits per heavy atom. The fourth-order valence-electron chi connectivity index (χ4n) is 0.866. The van der Waals surface area contributed by atoms with Crippen molar-refractivity contribution in [3.05, 3.63) is 30.3 Å². The summed E-state index contributed by atoms with van der Waals surface area (Å²) in [5.41, 5.74) is 0. The smallest absolute Gasteiger partial charge is 0.321 e. The number of hydrogen-bond acceptors (Lipinski definition) is 4. The van der Waals surface area contributed by atoms with Crippen LogP contribution in [0.1, 0.15) is 6.92 Å². The molecule has 0 bridgehead atoms. The summed E-state index contributed by atoms with van der Waals surface area (Å²) in [6.45, 7) is 1.93. The van der Waals surface area contributed by atoms with E-state index in [1.807, 2.05) is 0 Å². The molecule has 1 aromatic carbocycles. The number of carbonyl (C=O) groups excluding carboxylic acids is 1. The van der Waals surface area contributed by atoms with E-state index in [4.69, 9.17) is 14.7 Å². The van der Waals surface area contributed by atoms with Crippen LogP contribution in [0, 0.1) is 5.41 Å². The highest BCUT2D eigenvalue weighted by Crippen LogP contribution is 2.39. The van der Waals surface area contributed by atoms with Crippen LogP contribution in [-0.4, -0.2) is 17.6 Å². The summed E-state index contributed by atoms with van der Waals surface area (Å²) >= 11 is 0. The molecular weight excluding hydrogens is 217 g/mol. The van der Waals surface area contributed by atoms with Crippen LogP contribution in [0.15, 0.2) is 30.3 Å². The summed E-state index contributed by atoms with van der Waals surface area (Å²) in [6, 6.07) is 8.36. The first-order valence-electron chi connectivity index (χ1n) is 4.15. The van der Waals surface area contributed by atoms with Crippen molar-refractivity contribution in [1.82, 2.24) is 0 Å². The maximum Gasteiger partial charge on any atom is 0.358 e. The lowest BCUT2D eigenvalue weighted by atomic mass is 10.4. The minimum Gasteiger partial charge on any atom is -0.321 e. The van der Waals surface area contributed by atoms with Gasteiger partial charge in [0.25, 0.3) is 0 Å². The highest BCUT2D eigenvalue weighted by molar-refractivity contribution is 7.61. The lowest BCUT2D eigenvalue weighted by Crippen LogP contribution is -2.05. The molecular formula is C9H12NO4P. The largest absolute Gasteiger partial charge is 0.358 e. The molecule has 15 heavy (non-hydrogen) atoms. The zero-order chi connectivity index (χ0) is 11.7. The summed E-state index contributed by atoms with van der Waals surface area (Å²) in [5, 5.41) is 5.74. The fraction of sp³-hybridized carbons (Fsp3) is 0.222. The summed E-state index contributed by atoms with van der Waals surface area (Å²) in [4.78, 5) is 17.7. The number of benzene rings is 1. The quantitative estimate of drug-likeness (QED) is 0.466. The van der Waals surface area contributed by atoms with Gasteiger partial charge in [-0.05, 0) is 19.1 Å². The highest BCUT2D eigenvalue weighted by Gasteiger charge is 2.20. The first-order chi connectivity index (χ1) is 7.08. The molecule has 0 aromatic heterocycles. The number of rotatable bonds is 3. The van der Waals surface area contributed by atoms with Gasteiger partial charge in [-0.3, -0.25) is 4.57 Å². The van der Waals surface area contributed by atoms with Crippen LogP contribution in [-0.2, 0) is 13.9 Å². The Morgan fingerprint density at radius 1 is 1.47 bits per heavy atom. The van der Waals surface area contributed by atoms with E-state index in [-0.39, 0.29) is 6.61 Å². The molecule has 0 saturated carbocycles. The van der Waals surface area contributed by atoms with Gasteiger partial charge in [0.1, 0.15) is 0 Å². The predicted octanol–water partition coefficient (Wildman–Crippen LogP) is 1.43. The summed E-state index contributed by atoms with van der Waals surface area (Å²) in [6.07, 6.45) is 0.750. The second-order valence-corrected chi connectivity index (χ2v) is 4.19. The molecule has 5 nitrogen and oxygen atoms in total. The predicted molar refractivity (Wildman–Crippen MR) is 55.9 cm³/mol. The van der Waals surface area contributed by atoms with Gasteiger partial charge in [0, 0.05) is 0 Å². The van der Waals surface area contributed by atoms with Crippen molar-refractivity contribution >= 4 is 19.0 Å². The van der Waals surface area contributed by atoms with Gasteiger partial charge in [-0.2, -0.15) is 0 Å². The van der Waals surface area contributed by atoms with E-state index in [0.29, 0.717) is 5.30 Å². The number of isocyanates is 1. The molecule has 0 radical (unpaired) electrons. The molecule has 0 aliphatic heterocycles. The van der Waals surface area contributed by atoms with E-state index in [0.717, 1.165) is 6.08 Å². The third kappa shape index (κ3) is 5.25. The Hall–Kier alpha value is -1.25. The van der Waals surface area contributed by atoms with Gasteiger partial charge in [0.05, 0.1) is 11.9 Å². The van der Waals surface area contributed by atoms with Crippen LogP contribution in [0.25, 0.3) is 0 Å². The normalized spacial score (nSPS) is 12.9. The molecule has 0 aliphatic carbocycles. The van der Waals surface area contributed by atoms with Gasteiger partial charge in [-0.15, -0.1) is 0 Å². The van der Waals surface area contributed by atoms with Gasteiger partial charge in [-0.25, -0.2) is 10.2 Å². The standard InChI is InChI=1S/C8H11O3P.CHNO/c1-2-11-12(9,10)8-6-4-3-5-7-8;2-1-3/h3-7H,2H2,1H3,(H,9,10);2H. The van der Waals surface area contributed by atoms with Crippen LogP contribution in [0.2, 0.25) is 0 Å². The Kier molecular flexibility index (Phi) is 6.50. The molecule has 0 spiro atoms. The maximum atomic E-state index is 11.3. The minimum absolute atomic E-state index is 0.239. The van der Waals surface area contributed by atoms with E-state index in [2.05, 4.69) is 0 Å². The second-order valence-electron chi connectivity index (χ2n) is 2.38. The highest BCUT2D eigenvalue weighted by atomic mass is 31.2. The monoisotopic (exact) mass is 229 g/mol. The van der Waals surface area contributed by atoms with Crippen molar-refractivity contribution in [3.63, 3.8) is 0 Å². The van der Waals surface area contributed by atoms with Crippen molar-refractivity contribution in [2.24, 2.45) is 0 Å². The van der Waals surface area contributed by atoms with Gasteiger partial charge in [0.15, 0.2) is 0 Å². The van der Waals surface area contributed by atoms with Gasteiger partial charge >= 0.3 is 7.60 Å². The van der Waals surface area contributed by atoms with Crippen LogP contribution in [0.4, 0.5) is 0 Å². The third-order valence-electron chi connectivity index (χ3n) is 1.39. The summed E-state index contributed by atoms with van der Waals surface area (Å²) < 4.78 is 16.1. The van der Waals surface area contributed by atoms with E-state index in [9.17, 15) is 9.46 Å². The lowest BCUT2D eigenvalue weighted by molar-refractivity contribution is 0.284. The molecule has 0 saturated heterocycles. The zero-order valence-electron chi connectivity index (χ0n) is 8.21. The van der Waals surface area contributed by atoms with Crippen molar-refractivity contribution < 1.29 is 18.8 Å². The lowest BCUT2D eigenvalue weighted by Gasteiger charge is -2.09. The third-order valence-corrected chi connectivity index (χ3v) is 2.95. The van der Waals surface area contributed by atoms with Crippen molar-refractivity contribution in [3.8, 4) is 0 Å². The van der Waals surface area contributed by atoms with Gasteiger partial charge < -0.3 is 9.42 Å². The molecule has 2 N–H and O–H groups in total. The first-order valence-corrected chi connectivity index (χ1v) is 5.73. The maximum absolute atomic E-state index is 11.3. The number of hydrogen-bond donors (Lipinski definition) is 2. The molecule has 1 atom stereocenters. The second kappa shape index (κ2) is 7.10. The Bertz CT molecular complexity index is 360. The van der Waals surface area contributed by atoms with Crippen LogP contribution in [0.3, 0.4) is 0 Å². The molecule has 1 aromatic rings. The SMILES string of the molecule is CCOP(=O)(O)c1ccccc1.N=C=O. The molecule has 0 aliphatic rings. The van der Waals surface area contributed by atoms with E-state index in [1.54, 1.807) is 37.3 Å². The molecule has 0 fully saturated rings. The van der Waals surface area contributed by atoms with Crippen molar-refractivity contribution in [2.45, 2.75) is 6.92 Å². The van der Waals surface area contributed by atoms with Gasteiger partial charge in [-0.1, -0.05) is 18.2 Å². The molecule has 1 unspecified atom stereocenters. The zero-order valence-corrected chi connectivity index (χ0v) is 9.11. The molecule has 6 heteroatoms. The van der Waals surface area contributed by atoms with E-state index >= 15 is 0 Å². The van der Waals surface area contributed by atoms with Gasteiger partial charge in [0.2, 0.25) is 6.08 Å². The molecule has 0 heterocycles. The molecule has 0 amide bonds. The van der Waals surface area contributed by atoms with Crippen molar-refractivity contribution in [2.75, 3.05) is 6.61 Å². The van der Waals surface area contributed by atoms with Crippen LogP contribution >= 0.6 is 7.60 Å². The molecule has 1 rings (SSSR count). The topological polar surface area (TPSA) is 87.4 Å². The number of nitrogens with one attached hydrogen (secondary N) is 1. The summed E-state index contributed by atoms with van der Waals surface area (Å²) in [7, 11) is -3.54. The average molecular weight is 229 g/mol. The first kappa shape index (κ1) is 13.8. The fourth-order valence-corrected chi connectivity index (χ4v) is 1.91. The van der Waals surface area contributed by atoms with Crippen molar-refractivity contribution in [1.29, 1.82) is 5.41 Å². The average Bonchev–Trinajstić information content (AvgIpc) is 2.20. The van der Waals surface area contributed by atoms with Crippen LogP contribution < -0.4 is 5.30 Å².